The Morgan fingerprint density at radius 1 is 1.35 bits per heavy atom. The summed E-state index contributed by atoms with van der Waals surface area (Å²) in [6.45, 7) is 0.497. The van der Waals surface area contributed by atoms with Crippen molar-refractivity contribution in [2.24, 2.45) is 0 Å². The van der Waals surface area contributed by atoms with Crippen LogP contribution in [0.3, 0.4) is 0 Å². The van der Waals surface area contributed by atoms with Crippen molar-refractivity contribution in [1.29, 1.82) is 0 Å². The first-order valence-electron chi connectivity index (χ1n) is 6.17. The number of hydrogen-bond acceptors (Lipinski definition) is 3. The number of pyridine rings is 1. The Labute approximate surface area is 120 Å². The number of amides is 1. The Hall–Kier alpha value is -2.27. The minimum Gasteiger partial charge on any atom is -0.459 e. The zero-order valence-electron chi connectivity index (χ0n) is 10.5. The van der Waals surface area contributed by atoms with Crippen LogP contribution in [0.1, 0.15) is 16.2 Å². The molecule has 0 bridgehead atoms. The first kappa shape index (κ1) is 12.7. The zero-order chi connectivity index (χ0) is 13.9. The highest BCUT2D eigenvalue weighted by atomic mass is 35.5. The van der Waals surface area contributed by atoms with Crippen molar-refractivity contribution in [3.8, 4) is 0 Å². The van der Waals surface area contributed by atoms with Crippen LogP contribution in [0.2, 0.25) is 5.02 Å². The molecule has 0 aliphatic heterocycles. The van der Waals surface area contributed by atoms with E-state index >= 15 is 0 Å². The van der Waals surface area contributed by atoms with Gasteiger partial charge in [0.2, 0.25) is 0 Å². The van der Waals surface area contributed by atoms with E-state index in [1.165, 1.54) is 6.26 Å². The molecule has 3 rings (SSSR count). The Kier molecular flexibility index (Phi) is 3.43. The van der Waals surface area contributed by atoms with Crippen LogP contribution in [0.5, 0.6) is 0 Å². The lowest BCUT2D eigenvalue weighted by molar-refractivity contribution is 0.0926. The molecular weight excluding hydrogens is 278 g/mol. The summed E-state index contributed by atoms with van der Waals surface area (Å²) in [5.74, 6) is 0.0913. The van der Waals surface area contributed by atoms with Gasteiger partial charge in [0.15, 0.2) is 5.76 Å². The standard InChI is InChI=1S/C14H12ClN3O2/c15-10-3-4-13-17-11(9-18(13)8-10)5-6-16-14(19)12-2-1-7-20-12/h1-4,7-9H,5-6H2,(H,16,19). The number of carbonyl (C=O) groups is 1. The van der Waals surface area contributed by atoms with Gasteiger partial charge in [-0.15, -0.1) is 0 Å². The lowest BCUT2D eigenvalue weighted by Gasteiger charge is -2.00. The van der Waals surface area contributed by atoms with Gasteiger partial charge in [-0.05, 0) is 24.3 Å². The number of aromatic nitrogens is 2. The van der Waals surface area contributed by atoms with Gasteiger partial charge in [-0.3, -0.25) is 4.79 Å². The van der Waals surface area contributed by atoms with Gasteiger partial charge in [-0.2, -0.15) is 0 Å². The Balaban J connectivity index is 1.61. The Morgan fingerprint density at radius 3 is 3.05 bits per heavy atom. The monoisotopic (exact) mass is 289 g/mol. The number of fused-ring (bicyclic) bond motifs is 1. The molecule has 0 aromatic carbocycles. The van der Waals surface area contributed by atoms with Gasteiger partial charge in [0.1, 0.15) is 5.65 Å². The molecule has 3 aromatic heterocycles. The molecule has 6 heteroatoms. The summed E-state index contributed by atoms with van der Waals surface area (Å²) in [4.78, 5) is 16.1. The molecule has 102 valence electrons. The highest BCUT2D eigenvalue weighted by molar-refractivity contribution is 6.30. The molecule has 0 saturated carbocycles. The average Bonchev–Trinajstić information content (AvgIpc) is 3.06. The smallest absolute Gasteiger partial charge is 0.286 e. The maximum atomic E-state index is 11.7. The van der Waals surface area contributed by atoms with E-state index in [0.717, 1.165) is 11.3 Å². The normalized spacial score (nSPS) is 10.8. The number of carbonyl (C=O) groups excluding carboxylic acids is 1. The van der Waals surface area contributed by atoms with Gasteiger partial charge in [-0.25, -0.2) is 4.98 Å². The first-order chi connectivity index (χ1) is 9.72. The summed E-state index contributed by atoms with van der Waals surface area (Å²) < 4.78 is 6.88. The number of furan rings is 1. The van der Waals surface area contributed by atoms with E-state index < -0.39 is 0 Å². The minimum atomic E-state index is -0.221. The van der Waals surface area contributed by atoms with Gasteiger partial charge in [-0.1, -0.05) is 11.6 Å². The topological polar surface area (TPSA) is 59.5 Å². The molecule has 1 N–H and O–H groups in total. The summed E-state index contributed by atoms with van der Waals surface area (Å²) in [6, 6.07) is 6.96. The van der Waals surface area contributed by atoms with Gasteiger partial charge < -0.3 is 14.1 Å². The van der Waals surface area contributed by atoms with Crippen LogP contribution in [0.25, 0.3) is 5.65 Å². The quantitative estimate of drug-likeness (QED) is 0.803. The van der Waals surface area contributed by atoms with E-state index in [1.54, 1.807) is 24.4 Å². The Morgan fingerprint density at radius 2 is 2.25 bits per heavy atom. The fraction of sp³-hybridized carbons (Fsp3) is 0.143. The molecule has 1 amide bonds. The van der Waals surface area contributed by atoms with Gasteiger partial charge >= 0.3 is 0 Å². The van der Waals surface area contributed by atoms with Gasteiger partial charge in [0.25, 0.3) is 5.91 Å². The maximum absolute atomic E-state index is 11.7. The first-order valence-corrected chi connectivity index (χ1v) is 6.55. The molecule has 3 aromatic rings. The lowest BCUT2D eigenvalue weighted by Crippen LogP contribution is -2.25. The van der Waals surface area contributed by atoms with Crippen LogP contribution >= 0.6 is 11.6 Å². The molecule has 0 spiro atoms. The maximum Gasteiger partial charge on any atom is 0.286 e. The molecule has 0 aliphatic carbocycles. The number of nitrogens with zero attached hydrogens (tertiary/aromatic N) is 2. The van der Waals surface area contributed by atoms with E-state index in [4.69, 9.17) is 16.0 Å². The van der Waals surface area contributed by atoms with E-state index in [1.807, 2.05) is 16.7 Å². The van der Waals surface area contributed by atoms with Crippen molar-refractivity contribution in [3.05, 3.63) is 59.4 Å². The van der Waals surface area contributed by atoms with E-state index in [2.05, 4.69) is 10.3 Å². The van der Waals surface area contributed by atoms with E-state index in [9.17, 15) is 4.79 Å². The van der Waals surface area contributed by atoms with Crippen LogP contribution in [0.4, 0.5) is 0 Å². The largest absolute Gasteiger partial charge is 0.459 e. The van der Waals surface area contributed by atoms with Crippen molar-refractivity contribution < 1.29 is 9.21 Å². The predicted octanol–water partition coefficient (Wildman–Crippen LogP) is 2.55. The molecule has 5 nitrogen and oxygen atoms in total. The van der Waals surface area contributed by atoms with Crippen molar-refractivity contribution >= 4 is 23.2 Å². The fourth-order valence-corrected chi connectivity index (χ4v) is 2.10. The molecule has 3 heterocycles. The molecule has 0 radical (unpaired) electrons. The van der Waals surface area contributed by atoms with E-state index in [0.29, 0.717) is 23.7 Å². The molecule has 0 saturated heterocycles. The Bertz CT molecular complexity index is 734. The molecule has 20 heavy (non-hydrogen) atoms. The summed E-state index contributed by atoms with van der Waals surface area (Å²) in [6.07, 6.45) is 5.82. The van der Waals surface area contributed by atoms with Gasteiger partial charge in [0, 0.05) is 25.4 Å². The highest BCUT2D eigenvalue weighted by Gasteiger charge is 2.08. The SMILES string of the molecule is O=C(NCCc1cn2cc(Cl)ccc2n1)c1ccco1. The number of halogens is 1. The van der Waals surface area contributed by atoms with Gasteiger partial charge in [0.05, 0.1) is 17.0 Å². The second-order valence-corrected chi connectivity index (χ2v) is 4.76. The van der Waals surface area contributed by atoms with Crippen molar-refractivity contribution in [2.45, 2.75) is 6.42 Å². The van der Waals surface area contributed by atoms with Crippen molar-refractivity contribution in [3.63, 3.8) is 0 Å². The predicted molar refractivity (Wildman–Crippen MR) is 74.9 cm³/mol. The number of nitrogens with one attached hydrogen (secondary N) is 1. The number of hydrogen-bond donors (Lipinski definition) is 1. The molecule has 0 unspecified atom stereocenters. The van der Waals surface area contributed by atoms with Crippen LogP contribution < -0.4 is 5.32 Å². The molecule has 0 fully saturated rings. The number of rotatable bonds is 4. The zero-order valence-corrected chi connectivity index (χ0v) is 11.3. The van der Waals surface area contributed by atoms with Crippen LogP contribution in [-0.4, -0.2) is 21.8 Å². The van der Waals surface area contributed by atoms with Crippen molar-refractivity contribution in [1.82, 2.24) is 14.7 Å². The summed E-state index contributed by atoms with van der Waals surface area (Å²) in [7, 11) is 0. The second kappa shape index (κ2) is 5.38. The van der Waals surface area contributed by atoms with Crippen LogP contribution in [-0.2, 0) is 6.42 Å². The molecular formula is C14H12ClN3O2. The van der Waals surface area contributed by atoms with Crippen LogP contribution in [0.15, 0.2) is 47.3 Å². The van der Waals surface area contributed by atoms with Crippen molar-refractivity contribution in [2.75, 3.05) is 6.54 Å². The minimum absolute atomic E-state index is 0.221. The summed E-state index contributed by atoms with van der Waals surface area (Å²) in [5, 5.41) is 3.44. The second-order valence-electron chi connectivity index (χ2n) is 4.33. The third-order valence-corrected chi connectivity index (χ3v) is 3.10. The fourth-order valence-electron chi connectivity index (χ4n) is 1.94. The summed E-state index contributed by atoms with van der Waals surface area (Å²) >= 11 is 5.91. The average molecular weight is 290 g/mol. The molecule has 0 aliphatic rings. The lowest BCUT2D eigenvalue weighted by atomic mass is 10.3. The van der Waals surface area contributed by atoms with Crippen LogP contribution in [0, 0.1) is 0 Å². The highest BCUT2D eigenvalue weighted by Crippen LogP contribution is 2.11. The third kappa shape index (κ3) is 2.67. The summed E-state index contributed by atoms with van der Waals surface area (Å²) in [5.41, 5.74) is 1.73. The molecule has 0 atom stereocenters. The van der Waals surface area contributed by atoms with E-state index in [-0.39, 0.29) is 5.91 Å². The third-order valence-electron chi connectivity index (χ3n) is 2.88. The number of imidazole rings is 1.